The summed E-state index contributed by atoms with van der Waals surface area (Å²) in [6.45, 7) is 0. The van der Waals surface area contributed by atoms with Gasteiger partial charge in [0.15, 0.2) is 0 Å². The van der Waals surface area contributed by atoms with Gasteiger partial charge < -0.3 is 0 Å². The van der Waals surface area contributed by atoms with Gasteiger partial charge >= 0.3 is 0 Å². The van der Waals surface area contributed by atoms with Crippen LogP contribution in [0, 0.1) is 0 Å². The van der Waals surface area contributed by atoms with E-state index in [9.17, 15) is 4.79 Å². The summed E-state index contributed by atoms with van der Waals surface area (Å²) >= 11 is 11.9. The number of halogens is 2. The van der Waals surface area contributed by atoms with E-state index in [1.165, 1.54) is 6.42 Å². The molecule has 1 saturated carbocycles. The molecule has 1 aliphatic heterocycles. The van der Waals surface area contributed by atoms with Gasteiger partial charge in [-0.2, -0.15) is 0 Å². The topological polar surface area (TPSA) is 32.7 Å². The van der Waals surface area contributed by atoms with Gasteiger partial charge in [0.05, 0.1) is 12.1 Å². The van der Waals surface area contributed by atoms with Crippen molar-refractivity contribution in [2.75, 3.05) is 0 Å². The lowest BCUT2D eigenvalue weighted by atomic mass is 9.91. The first kappa shape index (κ1) is 19.9. The Morgan fingerprint density at radius 3 is 2.10 bits per heavy atom. The Balaban J connectivity index is 1.55. The van der Waals surface area contributed by atoms with Crippen molar-refractivity contribution >= 4 is 47.1 Å². The maximum atomic E-state index is 13.1. The number of carbonyl (C=O) groups excluding carboxylic acids is 1. The number of carbonyl (C=O) groups is 1. The number of hydrogen-bond acceptors (Lipinski definition) is 2. The molecule has 0 bridgehead atoms. The third-order valence-electron chi connectivity index (χ3n) is 5.39. The first-order chi connectivity index (χ1) is 14.1. The molecule has 2 aromatic carbocycles. The number of rotatable bonds is 4. The van der Waals surface area contributed by atoms with E-state index in [1.54, 1.807) is 6.08 Å². The van der Waals surface area contributed by atoms with Gasteiger partial charge in [-0.05, 0) is 60.4 Å². The summed E-state index contributed by atoms with van der Waals surface area (Å²) in [7, 11) is 0. The second-order valence-corrected chi connectivity index (χ2v) is 8.26. The minimum absolute atomic E-state index is 0.0335. The molecule has 4 rings (SSSR count). The van der Waals surface area contributed by atoms with Gasteiger partial charge in [0.1, 0.15) is 5.84 Å². The van der Waals surface area contributed by atoms with E-state index in [1.807, 2.05) is 71.7 Å². The summed E-state index contributed by atoms with van der Waals surface area (Å²) in [5.74, 6) is 0.705. The lowest BCUT2D eigenvalue weighted by Gasteiger charge is -2.30. The molecule has 2 aliphatic rings. The van der Waals surface area contributed by atoms with Crippen LogP contribution in [0.3, 0.4) is 0 Å². The van der Waals surface area contributed by atoms with Crippen LogP contribution in [0.5, 0.6) is 0 Å². The fourth-order valence-corrected chi connectivity index (χ4v) is 4.16. The number of fused-ring (bicyclic) bond motifs is 1. The minimum Gasteiger partial charge on any atom is -0.288 e. The summed E-state index contributed by atoms with van der Waals surface area (Å²) in [6.07, 6.45) is 11.7. The quantitative estimate of drug-likeness (QED) is 0.532. The maximum Gasteiger partial charge on any atom is 0.252 e. The Labute approximate surface area is 181 Å². The lowest BCUT2D eigenvalue weighted by molar-refractivity contribution is -0.123. The van der Waals surface area contributed by atoms with E-state index in [2.05, 4.69) is 0 Å². The van der Waals surface area contributed by atoms with Crippen molar-refractivity contribution in [2.24, 2.45) is 4.99 Å². The number of benzene rings is 2. The average Bonchev–Trinajstić information content (AvgIpc) is 3.11. The SMILES string of the molecule is O=C(/C=C/c1ccc(Cl)cc1)N1C(/C=C/c2ccc(Cl)cc2)=NC2CCCCC21. The molecule has 1 fully saturated rings. The molecule has 0 saturated heterocycles. The molecule has 0 radical (unpaired) electrons. The molecule has 1 heterocycles. The molecular weight excluding hydrogens is 403 g/mol. The van der Waals surface area contributed by atoms with Crippen molar-refractivity contribution in [3.8, 4) is 0 Å². The minimum atomic E-state index is -0.0335. The molecule has 3 nitrogen and oxygen atoms in total. The molecule has 0 spiro atoms. The fraction of sp³-hybridized carbons (Fsp3) is 0.250. The first-order valence-corrected chi connectivity index (χ1v) is 10.6. The molecule has 0 aromatic heterocycles. The zero-order chi connectivity index (χ0) is 20.2. The second kappa shape index (κ2) is 8.98. The van der Waals surface area contributed by atoms with E-state index in [0.717, 1.165) is 36.2 Å². The van der Waals surface area contributed by atoms with E-state index < -0.39 is 0 Å². The Kier molecular flexibility index (Phi) is 6.17. The van der Waals surface area contributed by atoms with Crippen molar-refractivity contribution in [1.82, 2.24) is 4.90 Å². The van der Waals surface area contributed by atoms with Crippen LogP contribution in [0.25, 0.3) is 12.2 Å². The molecule has 29 heavy (non-hydrogen) atoms. The van der Waals surface area contributed by atoms with E-state index in [4.69, 9.17) is 28.2 Å². The summed E-state index contributed by atoms with van der Waals surface area (Å²) < 4.78 is 0. The Morgan fingerprint density at radius 1 is 0.862 bits per heavy atom. The number of amidine groups is 1. The predicted octanol–water partition coefficient (Wildman–Crippen LogP) is 6.27. The van der Waals surface area contributed by atoms with Crippen LogP contribution < -0.4 is 0 Å². The van der Waals surface area contributed by atoms with Crippen molar-refractivity contribution < 1.29 is 4.79 Å². The van der Waals surface area contributed by atoms with Crippen LogP contribution in [0.1, 0.15) is 36.8 Å². The monoisotopic (exact) mass is 424 g/mol. The molecule has 1 aliphatic carbocycles. The Bertz CT molecular complexity index is 961. The highest BCUT2D eigenvalue weighted by atomic mass is 35.5. The number of nitrogens with zero attached hydrogens (tertiary/aromatic N) is 2. The van der Waals surface area contributed by atoms with Gasteiger partial charge in [-0.15, -0.1) is 0 Å². The van der Waals surface area contributed by atoms with Gasteiger partial charge in [0.2, 0.25) is 0 Å². The summed E-state index contributed by atoms with van der Waals surface area (Å²) in [6, 6.07) is 15.4. The molecule has 5 heteroatoms. The third-order valence-corrected chi connectivity index (χ3v) is 5.90. The molecule has 0 N–H and O–H groups in total. The van der Waals surface area contributed by atoms with Crippen molar-refractivity contribution in [3.63, 3.8) is 0 Å². The smallest absolute Gasteiger partial charge is 0.252 e. The van der Waals surface area contributed by atoms with Crippen LogP contribution >= 0.6 is 23.2 Å². The highest BCUT2D eigenvalue weighted by molar-refractivity contribution is 6.30. The van der Waals surface area contributed by atoms with Crippen molar-refractivity contribution in [1.29, 1.82) is 0 Å². The van der Waals surface area contributed by atoms with Gasteiger partial charge in [-0.25, -0.2) is 0 Å². The van der Waals surface area contributed by atoms with Crippen molar-refractivity contribution in [3.05, 3.63) is 81.9 Å². The predicted molar refractivity (Wildman–Crippen MR) is 121 cm³/mol. The first-order valence-electron chi connectivity index (χ1n) is 9.88. The summed E-state index contributed by atoms with van der Waals surface area (Å²) in [4.78, 5) is 19.8. The largest absolute Gasteiger partial charge is 0.288 e. The van der Waals surface area contributed by atoms with Gasteiger partial charge in [-0.3, -0.25) is 14.7 Å². The van der Waals surface area contributed by atoms with E-state index in [-0.39, 0.29) is 18.0 Å². The molecule has 2 unspecified atom stereocenters. The standard InChI is InChI=1S/C24H22Cl2N2O/c25-19-11-5-17(6-12-19)9-15-23-27-21-3-1-2-4-22(21)28(23)24(29)16-10-18-7-13-20(26)14-8-18/h5-16,21-22H,1-4H2/b15-9+,16-10+. The second-order valence-electron chi connectivity index (χ2n) is 7.38. The molecule has 2 aromatic rings. The third kappa shape index (κ3) is 4.80. The molecule has 1 amide bonds. The summed E-state index contributed by atoms with van der Waals surface area (Å²) in [5.41, 5.74) is 1.97. The van der Waals surface area contributed by atoms with Gasteiger partial charge in [-0.1, -0.05) is 66.4 Å². The zero-order valence-corrected chi connectivity index (χ0v) is 17.5. The van der Waals surface area contributed by atoms with Crippen molar-refractivity contribution in [2.45, 2.75) is 37.8 Å². The van der Waals surface area contributed by atoms with E-state index in [0.29, 0.717) is 10.0 Å². The van der Waals surface area contributed by atoms with Crippen LogP contribution in [0.2, 0.25) is 10.0 Å². The van der Waals surface area contributed by atoms with Gasteiger partial charge in [0, 0.05) is 16.1 Å². The van der Waals surface area contributed by atoms with Crippen LogP contribution in [-0.4, -0.2) is 28.7 Å². The Hall–Kier alpha value is -2.36. The number of hydrogen-bond donors (Lipinski definition) is 0. The number of aliphatic imine (C=N–C) groups is 1. The molecule has 2 atom stereocenters. The summed E-state index contributed by atoms with van der Waals surface area (Å²) in [5, 5.41) is 1.38. The maximum absolute atomic E-state index is 13.1. The number of amides is 1. The highest BCUT2D eigenvalue weighted by Gasteiger charge is 2.39. The zero-order valence-electron chi connectivity index (χ0n) is 16.0. The van der Waals surface area contributed by atoms with Crippen LogP contribution in [-0.2, 0) is 4.79 Å². The highest BCUT2D eigenvalue weighted by Crippen LogP contribution is 2.31. The lowest BCUT2D eigenvalue weighted by Crippen LogP contribution is -2.44. The normalized spacial score (nSPS) is 21.6. The van der Waals surface area contributed by atoms with Crippen LogP contribution in [0.15, 0.2) is 65.7 Å². The molecule has 148 valence electrons. The average molecular weight is 425 g/mol. The van der Waals surface area contributed by atoms with Crippen LogP contribution in [0.4, 0.5) is 0 Å². The van der Waals surface area contributed by atoms with Gasteiger partial charge in [0.25, 0.3) is 5.91 Å². The molecular formula is C24H22Cl2N2O. The Morgan fingerprint density at radius 2 is 1.45 bits per heavy atom. The van der Waals surface area contributed by atoms with E-state index >= 15 is 0 Å². The fourth-order valence-electron chi connectivity index (χ4n) is 3.91.